The average molecular weight is 419 g/mol. The minimum Gasteiger partial charge on any atom is -0.489 e. The summed E-state index contributed by atoms with van der Waals surface area (Å²) in [5, 5.41) is 1.04. The van der Waals surface area contributed by atoms with Crippen LogP contribution < -0.4 is 4.74 Å². The van der Waals surface area contributed by atoms with Crippen LogP contribution in [0.4, 0.5) is 4.39 Å². The van der Waals surface area contributed by atoms with Gasteiger partial charge in [0.2, 0.25) is 0 Å². The van der Waals surface area contributed by atoms with Crippen LogP contribution in [-0.2, 0) is 33.9 Å². The number of fused-ring (bicyclic) bond motifs is 1. The van der Waals surface area contributed by atoms with Crippen molar-refractivity contribution in [2.45, 2.75) is 47.3 Å². The molecule has 0 aliphatic rings. The van der Waals surface area contributed by atoms with E-state index in [1.54, 1.807) is 13.2 Å². The van der Waals surface area contributed by atoms with Crippen molar-refractivity contribution in [2.75, 3.05) is 14.2 Å². The highest BCUT2D eigenvalue weighted by molar-refractivity contribution is 5.81. The molecule has 30 heavy (non-hydrogen) atoms. The molecular formula is C24H31FO5. The van der Waals surface area contributed by atoms with Crippen molar-refractivity contribution in [1.29, 1.82) is 0 Å². The van der Waals surface area contributed by atoms with Gasteiger partial charge in [0.25, 0.3) is 6.47 Å². The van der Waals surface area contributed by atoms with Gasteiger partial charge in [0.05, 0.1) is 7.11 Å². The fraction of sp³-hybridized carbons (Fsp3) is 0.375. The molecule has 0 unspecified atom stereocenters. The first-order valence-corrected chi connectivity index (χ1v) is 9.90. The zero-order valence-corrected chi connectivity index (χ0v) is 18.6. The molecule has 0 aliphatic carbocycles. The molecule has 0 spiro atoms. The zero-order valence-electron chi connectivity index (χ0n) is 18.6. The molecule has 0 aliphatic heterocycles. The molecule has 0 radical (unpaired) electrons. The lowest BCUT2D eigenvalue weighted by atomic mass is 10.1. The highest BCUT2D eigenvalue weighted by Gasteiger charge is 2.10. The van der Waals surface area contributed by atoms with Crippen LogP contribution in [-0.4, -0.2) is 20.7 Å². The fourth-order valence-corrected chi connectivity index (χ4v) is 2.88. The number of hydrogen-bond acceptors (Lipinski definition) is 5. The molecule has 6 heteroatoms. The summed E-state index contributed by atoms with van der Waals surface area (Å²) in [6.45, 7) is 9.26. The first-order chi connectivity index (χ1) is 14.5. The molecule has 0 saturated carbocycles. The molecule has 0 fully saturated rings. The first-order valence-electron chi connectivity index (χ1n) is 9.90. The van der Waals surface area contributed by atoms with Crippen LogP contribution in [0, 0.1) is 12.7 Å². The Kier molecular flexibility index (Phi) is 11.2. The Morgan fingerprint density at radius 3 is 2.37 bits per heavy atom. The van der Waals surface area contributed by atoms with E-state index in [0.717, 1.165) is 45.6 Å². The van der Waals surface area contributed by atoms with Gasteiger partial charge in [-0.05, 0) is 66.4 Å². The summed E-state index contributed by atoms with van der Waals surface area (Å²) in [6, 6.07) is 10.7. The van der Waals surface area contributed by atoms with Crippen molar-refractivity contribution in [1.82, 2.24) is 0 Å². The zero-order chi connectivity index (χ0) is 22.5. The maximum atomic E-state index is 13.3. The molecule has 164 valence electrons. The SMILES string of the molecule is CC.CCc1cc(F)ccc1OCc1cc(C)c2oc(COC)cc2c1.COC=O. The Morgan fingerprint density at radius 2 is 1.77 bits per heavy atom. The largest absolute Gasteiger partial charge is 0.489 e. The van der Waals surface area contributed by atoms with E-state index in [1.165, 1.54) is 19.2 Å². The smallest absolute Gasteiger partial charge is 0.292 e. The number of rotatable bonds is 7. The number of halogens is 1. The van der Waals surface area contributed by atoms with Gasteiger partial charge in [0.1, 0.15) is 36.1 Å². The van der Waals surface area contributed by atoms with E-state index in [-0.39, 0.29) is 5.82 Å². The van der Waals surface area contributed by atoms with Gasteiger partial charge in [0, 0.05) is 12.5 Å². The third-order valence-corrected chi connectivity index (χ3v) is 4.09. The van der Waals surface area contributed by atoms with E-state index in [4.69, 9.17) is 18.7 Å². The monoisotopic (exact) mass is 418 g/mol. The van der Waals surface area contributed by atoms with Gasteiger partial charge in [-0.2, -0.15) is 0 Å². The minimum atomic E-state index is -0.236. The van der Waals surface area contributed by atoms with Crippen molar-refractivity contribution < 1.29 is 27.8 Å². The number of aryl methyl sites for hydroxylation is 2. The van der Waals surface area contributed by atoms with Gasteiger partial charge in [-0.15, -0.1) is 0 Å². The van der Waals surface area contributed by atoms with Gasteiger partial charge < -0.3 is 18.6 Å². The van der Waals surface area contributed by atoms with E-state index in [2.05, 4.69) is 16.9 Å². The predicted molar refractivity (Wildman–Crippen MR) is 116 cm³/mol. The van der Waals surface area contributed by atoms with Crippen LogP contribution in [0.3, 0.4) is 0 Å². The summed E-state index contributed by atoms with van der Waals surface area (Å²) in [6.07, 6.45) is 0.729. The molecule has 0 saturated heterocycles. The molecule has 0 atom stereocenters. The molecule has 2 aromatic carbocycles. The Balaban J connectivity index is 0.000000673. The highest BCUT2D eigenvalue weighted by Crippen LogP contribution is 2.27. The van der Waals surface area contributed by atoms with Crippen molar-refractivity contribution in [3.05, 3.63) is 64.7 Å². The van der Waals surface area contributed by atoms with Crippen molar-refractivity contribution >= 4 is 17.4 Å². The number of carbonyl (C=O) groups is 1. The van der Waals surface area contributed by atoms with E-state index >= 15 is 0 Å². The number of hydrogen-bond donors (Lipinski definition) is 0. The standard InChI is InChI=1S/C20H21FO3.C2H4O2.C2H6/c1-4-15-9-17(21)5-6-19(15)23-11-14-7-13(2)20-16(8-14)10-18(24-20)12-22-3;1-4-2-3;1-2/h5-10H,4,11-12H2,1-3H3;2H,1H3;1-2H3. The normalized spacial score (nSPS) is 9.83. The number of benzene rings is 2. The summed E-state index contributed by atoms with van der Waals surface area (Å²) in [5.74, 6) is 1.30. The second-order valence-corrected chi connectivity index (χ2v) is 6.20. The van der Waals surface area contributed by atoms with Gasteiger partial charge in [0.15, 0.2) is 0 Å². The van der Waals surface area contributed by atoms with E-state index in [1.807, 2.05) is 33.8 Å². The number of carbonyl (C=O) groups excluding carboxylic acids is 1. The summed E-state index contributed by atoms with van der Waals surface area (Å²) >= 11 is 0. The Bertz CT molecular complexity index is 917. The lowest BCUT2D eigenvalue weighted by Gasteiger charge is -2.11. The fourth-order valence-electron chi connectivity index (χ4n) is 2.88. The summed E-state index contributed by atoms with van der Waals surface area (Å²) < 4.78 is 34.0. The highest BCUT2D eigenvalue weighted by atomic mass is 19.1. The van der Waals surface area contributed by atoms with Crippen LogP contribution in [0.5, 0.6) is 5.75 Å². The maximum Gasteiger partial charge on any atom is 0.292 e. The van der Waals surface area contributed by atoms with Gasteiger partial charge in [-0.25, -0.2) is 4.39 Å². The molecule has 5 nitrogen and oxygen atoms in total. The van der Waals surface area contributed by atoms with Crippen LogP contribution in [0.15, 0.2) is 40.8 Å². The van der Waals surface area contributed by atoms with Crippen LogP contribution >= 0.6 is 0 Å². The van der Waals surface area contributed by atoms with E-state index in [0.29, 0.717) is 19.7 Å². The van der Waals surface area contributed by atoms with Crippen molar-refractivity contribution in [3.8, 4) is 5.75 Å². The molecule has 3 aromatic rings. The van der Waals surface area contributed by atoms with Gasteiger partial charge in [-0.1, -0.05) is 20.8 Å². The minimum absolute atomic E-state index is 0.236. The number of furan rings is 1. The lowest BCUT2D eigenvalue weighted by Crippen LogP contribution is -1.99. The van der Waals surface area contributed by atoms with E-state index < -0.39 is 0 Å². The Labute approximate surface area is 177 Å². The van der Waals surface area contributed by atoms with Crippen LogP contribution in [0.2, 0.25) is 0 Å². The quantitative estimate of drug-likeness (QED) is 0.442. The molecule has 3 rings (SSSR count). The molecular weight excluding hydrogens is 387 g/mol. The summed E-state index contributed by atoms with van der Waals surface area (Å²) in [5.41, 5.74) is 3.86. The molecule has 0 bridgehead atoms. The maximum absolute atomic E-state index is 13.3. The van der Waals surface area contributed by atoms with Crippen molar-refractivity contribution in [3.63, 3.8) is 0 Å². The number of methoxy groups -OCH3 is 2. The second kappa shape index (κ2) is 13.4. The first kappa shape index (κ1) is 25.2. The van der Waals surface area contributed by atoms with Crippen molar-refractivity contribution in [2.24, 2.45) is 0 Å². The van der Waals surface area contributed by atoms with Crippen LogP contribution in [0.1, 0.15) is 43.2 Å². The van der Waals surface area contributed by atoms with Gasteiger partial charge >= 0.3 is 0 Å². The predicted octanol–water partition coefficient (Wildman–Crippen LogP) is 5.98. The molecule has 0 amide bonds. The summed E-state index contributed by atoms with van der Waals surface area (Å²) in [4.78, 5) is 8.95. The molecule has 0 N–H and O–H groups in total. The van der Waals surface area contributed by atoms with Crippen LogP contribution in [0.25, 0.3) is 11.0 Å². The second-order valence-electron chi connectivity index (χ2n) is 6.20. The Morgan fingerprint density at radius 1 is 1.07 bits per heavy atom. The number of ether oxygens (including phenoxy) is 3. The summed E-state index contributed by atoms with van der Waals surface area (Å²) in [7, 11) is 2.96. The topological polar surface area (TPSA) is 57.9 Å². The third kappa shape index (κ3) is 7.19. The molecule has 1 aromatic heterocycles. The third-order valence-electron chi connectivity index (χ3n) is 4.09. The lowest BCUT2D eigenvalue weighted by molar-refractivity contribution is -0.126. The average Bonchev–Trinajstić information content (AvgIpc) is 3.18. The molecule has 1 heterocycles. The van der Waals surface area contributed by atoms with Gasteiger partial charge in [-0.3, -0.25) is 4.79 Å². The van der Waals surface area contributed by atoms with E-state index in [9.17, 15) is 4.39 Å². The Hall–Kier alpha value is -2.86.